The number of piperazine rings is 1. The largest absolute Gasteiger partial charge is 0.450 e. The summed E-state index contributed by atoms with van der Waals surface area (Å²) in [5, 5.41) is 0. The molecule has 0 aromatic carbocycles. The van der Waals surface area contributed by atoms with E-state index in [1.807, 2.05) is 9.80 Å². The molecule has 0 spiro atoms. The summed E-state index contributed by atoms with van der Waals surface area (Å²) in [5.74, 6) is 0.132. The van der Waals surface area contributed by atoms with Crippen molar-refractivity contribution in [3.8, 4) is 0 Å². The fraction of sp³-hybridized carbons (Fsp3) is 0.850. The van der Waals surface area contributed by atoms with Crippen LogP contribution in [-0.4, -0.2) is 116 Å². The maximum atomic E-state index is 13.0. The zero-order valence-electron chi connectivity index (χ0n) is 17.5. The number of rotatable bonds is 6. The molecule has 164 valence electrons. The van der Waals surface area contributed by atoms with Gasteiger partial charge in [-0.1, -0.05) is 0 Å². The highest BCUT2D eigenvalue weighted by Gasteiger charge is 2.34. The van der Waals surface area contributed by atoms with Crippen molar-refractivity contribution in [3.63, 3.8) is 0 Å². The number of morpholine rings is 1. The minimum Gasteiger partial charge on any atom is -0.450 e. The number of likely N-dealkylation sites (tertiary alicyclic amines) is 1. The number of hydrogen-bond acceptors (Lipinski definition) is 6. The Morgan fingerprint density at radius 2 is 1.72 bits per heavy atom. The summed E-state index contributed by atoms with van der Waals surface area (Å²) in [4.78, 5) is 44.8. The molecular formula is C20H34N4O5. The van der Waals surface area contributed by atoms with Crippen LogP contribution in [0.3, 0.4) is 0 Å². The molecule has 0 saturated carbocycles. The molecule has 0 N–H and O–H groups in total. The van der Waals surface area contributed by atoms with Gasteiger partial charge in [0.2, 0.25) is 11.8 Å². The normalized spacial score (nSPS) is 24.0. The van der Waals surface area contributed by atoms with Gasteiger partial charge in [0.15, 0.2) is 0 Å². The van der Waals surface area contributed by atoms with Crippen LogP contribution in [0.15, 0.2) is 0 Å². The van der Waals surface area contributed by atoms with Crippen molar-refractivity contribution in [1.29, 1.82) is 0 Å². The molecule has 29 heavy (non-hydrogen) atoms. The second kappa shape index (κ2) is 10.8. The standard InChI is InChI=1S/C20H34N4O5/c1-2-29-20(27)23-10-8-22(9-11-23)19(26)17-4-5-18(25)24(16-17)7-3-6-21-12-14-28-15-13-21/h17H,2-16H2,1H3/t17-/m0/s1. The van der Waals surface area contributed by atoms with Gasteiger partial charge >= 0.3 is 6.09 Å². The van der Waals surface area contributed by atoms with Gasteiger partial charge in [-0.25, -0.2) is 4.79 Å². The van der Waals surface area contributed by atoms with Crippen molar-refractivity contribution in [2.45, 2.75) is 26.2 Å². The van der Waals surface area contributed by atoms with Crippen molar-refractivity contribution in [1.82, 2.24) is 19.6 Å². The van der Waals surface area contributed by atoms with Gasteiger partial charge in [0, 0.05) is 65.3 Å². The van der Waals surface area contributed by atoms with E-state index in [0.29, 0.717) is 58.7 Å². The van der Waals surface area contributed by atoms with Crippen LogP contribution in [0.5, 0.6) is 0 Å². The Morgan fingerprint density at radius 3 is 2.41 bits per heavy atom. The van der Waals surface area contributed by atoms with Gasteiger partial charge in [-0.15, -0.1) is 0 Å². The Morgan fingerprint density at radius 1 is 1.03 bits per heavy atom. The lowest BCUT2D eigenvalue weighted by Gasteiger charge is -2.38. The fourth-order valence-electron chi connectivity index (χ4n) is 4.22. The summed E-state index contributed by atoms with van der Waals surface area (Å²) in [6.45, 7) is 9.84. The average Bonchev–Trinajstić information content (AvgIpc) is 2.75. The summed E-state index contributed by atoms with van der Waals surface area (Å²) in [5.41, 5.74) is 0. The second-order valence-electron chi connectivity index (χ2n) is 7.89. The number of hydrogen-bond donors (Lipinski definition) is 0. The molecule has 0 unspecified atom stereocenters. The molecule has 3 saturated heterocycles. The lowest BCUT2D eigenvalue weighted by molar-refractivity contribution is -0.144. The van der Waals surface area contributed by atoms with Crippen LogP contribution in [0.25, 0.3) is 0 Å². The summed E-state index contributed by atoms with van der Waals surface area (Å²) in [6, 6.07) is 0. The first-order chi connectivity index (χ1) is 14.1. The number of nitrogens with zero attached hydrogens (tertiary/aromatic N) is 4. The Bertz CT molecular complexity index is 573. The van der Waals surface area contributed by atoms with E-state index in [2.05, 4.69) is 4.90 Å². The molecule has 3 aliphatic heterocycles. The molecule has 9 nitrogen and oxygen atoms in total. The van der Waals surface area contributed by atoms with E-state index < -0.39 is 0 Å². The van der Waals surface area contributed by atoms with Crippen molar-refractivity contribution < 1.29 is 23.9 Å². The molecule has 0 aliphatic carbocycles. The molecule has 3 fully saturated rings. The van der Waals surface area contributed by atoms with Crippen LogP contribution in [0.1, 0.15) is 26.2 Å². The van der Waals surface area contributed by atoms with Crippen LogP contribution < -0.4 is 0 Å². The lowest BCUT2D eigenvalue weighted by atomic mass is 9.95. The zero-order chi connectivity index (χ0) is 20.6. The minimum absolute atomic E-state index is 0.110. The molecule has 0 radical (unpaired) electrons. The summed E-state index contributed by atoms with van der Waals surface area (Å²) >= 11 is 0. The number of amides is 3. The van der Waals surface area contributed by atoms with Crippen molar-refractivity contribution >= 4 is 17.9 Å². The van der Waals surface area contributed by atoms with Gasteiger partial charge in [-0.3, -0.25) is 14.5 Å². The Labute approximate surface area is 172 Å². The van der Waals surface area contributed by atoms with Gasteiger partial charge < -0.3 is 24.2 Å². The van der Waals surface area contributed by atoms with Crippen molar-refractivity contribution in [2.24, 2.45) is 5.92 Å². The first kappa shape index (κ1) is 21.8. The Balaban J connectivity index is 1.42. The quantitative estimate of drug-likeness (QED) is 0.624. The molecule has 3 rings (SSSR count). The van der Waals surface area contributed by atoms with Crippen LogP contribution in [0.2, 0.25) is 0 Å². The molecule has 3 heterocycles. The van der Waals surface area contributed by atoms with E-state index in [4.69, 9.17) is 9.47 Å². The Hall–Kier alpha value is -1.87. The molecular weight excluding hydrogens is 376 g/mol. The number of ether oxygens (including phenoxy) is 2. The van der Waals surface area contributed by atoms with Gasteiger partial charge in [0.1, 0.15) is 0 Å². The van der Waals surface area contributed by atoms with Crippen LogP contribution in [0.4, 0.5) is 4.79 Å². The predicted octanol–water partition coefficient (Wildman–Crippen LogP) is 0.248. The monoisotopic (exact) mass is 410 g/mol. The maximum absolute atomic E-state index is 13.0. The van der Waals surface area contributed by atoms with Gasteiger partial charge in [0.25, 0.3) is 0 Å². The lowest BCUT2D eigenvalue weighted by Crippen LogP contribution is -2.54. The smallest absolute Gasteiger partial charge is 0.409 e. The molecule has 3 amide bonds. The van der Waals surface area contributed by atoms with E-state index in [0.717, 1.165) is 39.3 Å². The predicted molar refractivity (Wildman–Crippen MR) is 106 cm³/mol. The van der Waals surface area contributed by atoms with E-state index in [1.54, 1.807) is 11.8 Å². The zero-order valence-corrected chi connectivity index (χ0v) is 17.5. The van der Waals surface area contributed by atoms with Crippen molar-refractivity contribution in [2.75, 3.05) is 78.7 Å². The third kappa shape index (κ3) is 6.05. The maximum Gasteiger partial charge on any atom is 0.409 e. The topological polar surface area (TPSA) is 82.6 Å². The summed E-state index contributed by atoms with van der Waals surface area (Å²) in [7, 11) is 0. The third-order valence-corrected chi connectivity index (χ3v) is 5.97. The van der Waals surface area contributed by atoms with Crippen LogP contribution in [0, 0.1) is 5.92 Å². The second-order valence-corrected chi connectivity index (χ2v) is 7.89. The number of carbonyl (C=O) groups is 3. The van der Waals surface area contributed by atoms with E-state index in [-0.39, 0.29) is 23.8 Å². The van der Waals surface area contributed by atoms with E-state index >= 15 is 0 Å². The Kier molecular flexibility index (Phi) is 8.11. The molecule has 0 aromatic rings. The summed E-state index contributed by atoms with van der Waals surface area (Å²) < 4.78 is 10.4. The van der Waals surface area contributed by atoms with Crippen molar-refractivity contribution in [3.05, 3.63) is 0 Å². The highest BCUT2D eigenvalue weighted by atomic mass is 16.6. The third-order valence-electron chi connectivity index (χ3n) is 5.97. The molecule has 0 bridgehead atoms. The average molecular weight is 411 g/mol. The first-order valence-corrected chi connectivity index (χ1v) is 10.9. The van der Waals surface area contributed by atoms with E-state index in [9.17, 15) is 14.4 Å². The van der Waals surface area contributed by atoms with Gasteiger partial charge in [-0.2, -0.15) is 0 Å². The number of piperidine rings is 1. The molecule has 3 aliphatic rings. The number of carbonyl (C=O) groups excluding carboxylic acids is 3. The first-order valence-electron chi connectivity index (χ1n) is 10.9. The van der Waals surface area contributed by atoms with Crippen LogP contribution in [-0.2, 0) is 19.1 Å². The minimum atomic E-state index is -0.311. The van der Waals surface area contributed by atoms with Gasteiger partial charge in [0.05, 0.1) is 25.7 Å². The highest BCUT2D eigenvalue weighted by Crippen LogP contribution is 2.21. The fourth-order valence-corrected chi connectivity index (χ4v) is 4.22. The molecule has 0 aromatic heterocycles. The van der Waals surface area contributed by atoms with Gasteiger partial charge in [-0.05, 0) is 19.8 Å². The summed E-state index contributed by atoms with van der Waals surface area (Å²) in [6.07, 6.45) is 1.67. The van der Waals surface area contributed by atoms with Crippen LogP contribution >= 0.6 is 0 Å². The SMILES string of the molecule is CCOC(=O)N1CCN(C(=O)[C@H]2CCC(=O)N(CCCN3CCOCC3)C2)CC1. The molecule has 9 heteroatoms. The van der Waals surface area contributed by atoms with E-state index in [1.165, 1.54) is 0 Å². The molecule has 1 atom stereocenters. The highest BCUT2D eigenvalue weighted by molar-refractivity contribution is 5.84.